The maximum Gasteiger partial charge on any atom is 0.123 e. The van der Waals surface area contributed by atoms with Gasteiger partial charge in [-0.1, -0.05) is 0 Å². The summed E-state index contributed by atoms with van der Waals surface area (Å²) in [5, 5.41) is 0. The van der Waals surface area contributed by atoms with Crippen molar-refractivity contribution in [1.82, 2.24) is 14.8 Å². The second-order valence-corrected chi connectivity index (χ2v) is 5.08. The van der Waals surface area contributed by atoms with Gasteiger partial charge in [0.25, 0.3) is 0 Å². The lowest BCUT2D eigenvalue weighted by molar-refractivity contribution is 0.128. The molecule has 1 atom stereocenters. The average Bonchev–Trinajstić information content (AvgIpc) is 2.29. The topological polar surface area (TPSA) is 45.4 Å². The van der Waals surface area contributed by atoms with E-state index in [0.29, 0.717) is 11.9 Å². The number of hydrogen-bond acceptors (Lipinski definition) is 4. The van der Waals surface area contributed by atoms with Crippen molar-refractivity contribution in [2.45, 2.75) is 25.4 Å². The van der Waals surface area contributed by atoms with E-state index in [2.05, 4.69) is 34.9 Å². The molecule has 1 aromatic heterocycles. The van der Waals surface area contributed by atoms with Crippen LogP contribution in [-0.4, -0.2) is 48.0 Å². The Hall–Kier alpha value is -1.13. The normalized spacial score (nSPS) is 21.9. The van der Waals surface area contributed by atoms with Crippen LogP contribution in [0.3, 0.4) is 0 Å². The molecular formula is C13H22N4. The lowest BCUT2D eigenvalue weighted by atomic mass is 10.0. The zero-order chi connectivity index (χ0) is 12.3. The molecule has 0 saturated carbocycles. The fourth-order valence-corrected chi connectivity index (χ4v) is 2.45. The van der Waals surface area contributed by atoms with Crippen LogP contribution in [0.15, 0.2) is 18.3 Å². The lowest BCUT2D eigenvalue weighted by Gasteiger charge is -2.36. The number of hydrogen-bond donors (Lipinski definition) is 1. The highest BCUT2D eigenvalue weighted by Gasteiger charge is 2.21. The van der Waals surface area contributed by atoms with Gasteiger partial charge < -0.3 is 10.6 Å². The highest BCUT2D eigenvalue weighted by Crippen LogP contribution is 2.16. The standard InChI is InChI=1S/C13H22N4/c1-16(2)12-4-3-7-17(10-12)9-11-5-6-15-13(14)8-11/h5-6,8,12H,3-4,7,9-10H2,1-2H3,(H2,14,15). The van der Waals surface area contributed by atoms with Crippen molar-refractivity contribution < 1.29 is 0 Å². The number of aromatic nitrogens is 1. The molecule has 94 valence electrons. The molecule has 0 amide bonds. The molecule has 2 rings (SSSR count). The van der Waals surface area contributed by atoms with Gasteiger partial charge in [-0.05, 0) is 51.2 Å². The number of nitrogens with two attached hydrogens (primary N) is 1. The summed E-state index contributed by atoms with van der Waals surface area (Å²) in [6, 6.07) is 4.71. The first-order valence-electron chi connectivity index (χ1n) is 6.24. The van der Waals surface area contributed by atoms with Crippen LogP contribution in [0.25, 0.3) is 0 Å². The molecule has 0 radical (unpaired) electrons. The molecule has 17 heavy (non-hydrogen) atoms. The molecule has 1 aromatic rings. The third-order valence-electron chi connectivity index (χ3n) is 3.46. The Kier molecular flexibility index (Phi) is 3.97. The lowest BCUT2D eigenvalue weighted by Crippen LogP contribution is -2.44. The Morgan fingerprint density at radius 2 is 2.35 bits per heavy atom. The summed E-state index contributed by atoms with van der Waals surface area (Å²) in [5.74, 6) is 0.615. The maximum atomic E-state index is 5.70. The van der Waals surface area contributed by atoms with Crippen LogP contribution in [-0.2, 0) is 6.54 Å². The molecule has 0 aliphatic carbocycles. The van der Waals surface area contributed by atoms with Gasteiger partial charge in [0, 0.05) is 25.3 Å². The first-order valence-corrected chi connectivity index (χ1v) is 6.24. The predicted octanol–water partition coefficient (Wildman–Crippen LogP) is 1.19. The molecule has 1 saturated heterocycles. The molecule has 4 nitrogen and oxygen atoms in total. The largest absolute Gasteiger partial charge is 0.384 e. The minimum atomic E-state index is 0.615. The van der Waals surface area contributed by atoms with E-state index in [1.165, 1.54) is 24.9 Å². The minimum absolute atomic E-state index is 0.615. The number of nitrogen functional groups attached to an aromatic ring is 1. The molecule has 0 aromatic carbocycles. The average molecular weight is 234 g/mol. The summed E-state index contributed by atoms with van der Waals surface area (Å²) >= 11 is 0. The zero-order valence-electron chi connectivity index (χ0n) is 10.8. The quantitative estimate of drug-likeness (QED) is 0.853. The number of piperidine rings is 1. The van der Waals surface area contributed by atoms with Gasteiger partial charge in [-0.15, -0.1) is 0 Å². The van der Waals surface area contributed by atoms with E-state index in [-0.39, 0.29) is 0 Å². The Morgan fingerprint density at radius 1 is 1.53 bits per heavy atom. The SMILES string of the molecule is CN(C)C1CCCN(Cc2ccnc(N)c2)C1. The summed E-state index contributed by atoms with van der Waals surface area (Å²) in [6.45, 7) is 3.32. The van der Waals surface area contributed by atoms with Crippen LogP contribution >= 0.6 is 0 Å². The van der Waals surface area contributed by atoms with Crippen molar-refractivity contribution in [1.29, 1.82) is 0 Å². The van der Waals surface area contributed by atoms with Gasteiger partial charge in [-0.2, -0.15) is 0 Å². The van der Waals surface area contributed by atoms with Crippen LogP contribution in [0, 0.1) is 0 Å². The monoisotopic (exact) mass is 234 g/mol. The van der Waals surface area contributed by atoms with Gasteiger partial charge in [0.15, 0.2) is 0 Å². The Balaban J connectivity index is 1.94. The van der Waals surface area contributed by atoms with Crippen LogP contribution in [0.5, 0.6) is 0 Å². The van der Waals surface area contributed by atoms with Crippen molar-refractivity contribution in [3.63, 3.8) is 0 Å². The summed E-state index contributed by atoms with van der Waals surface area (Å²) in [7, 11) is 4.33. The molecular weight excluding hydrogens is 212 g/mol. The molecule has 0 bridgehead atoms. The van der Waals surface area contributed by atoms with Crippen molar-refractivity contribution in [3.8, 4) is 0 Å². The molecule has 1 aliphatic heterocycles. The molecule has 2 heterocycles. The van der Waals surface area contributed by atoms with Gasteiger partial charge in [-0.25, -0.2) is 4.98 Å². The predicted molar refractivity (Wildman–Crippen MR) is 70.6 cm³/mol. The number of rotatable bonds is 3. The van der Waals surface area contributed by atoms with Gasteiger partial charge in [0.1, 0.15) is 5.82 Å². The third-order valence-corrected chi connectivity index (χ3v) is 3.46. The van der Waals surface area contributed by atoms with Crippen LogP contribution in [0.1, 0.15) is 18.4 Å². The first kappa shape index (κ1) is 12.3. The summed E-state index contributed by atoms with van der Waals surface area (Å²) in [4.78, 5) is 8.86. The highest BCUT2D eigenvalue weighted by atomic mass is 15.2. The van der Waals surface area contributed by atoms with Gasteiger partial charge in [-0.3, -0.25) is 4.90 Å². The fraction of sp³-hybridized carbons (Fsp3) is 0.615. The molecule has 1 fully saturated rings. The molecule has 1 unspecified atom stereocenters. The Bertz CT molecular complexity index is 364. The summed E-state index contributed by atoms with van der Waals surface area (Å²) in [6.07, 6.45) is 4.38. The van der Waals surface area contributed by atoms with Crippen molar-refractivity contribution in [2.24, 2.45) is 0 Å². The maximum absolute atomic E-state index is 5.70. The second kappa shape index (κ2) is 5.47. The van der Waals surface area contributed by atoms with E-state index in [0.717, 1.165) is 13.1 Å². The van der Waals surface area contributed by atoms with Crippen molar-refractivity contribution >= 4 is 5.82 Å². The number of anilines is 1. The van der Waals surface area contributed by atoms with Gasteiger partial charge >= 0.3 is 0 Å². The number of likely N-dealkylation sites (tertiary alicyclic amines) is 1. The van der Waals surface area contributed by atoms with Crippen LogP contribution in [0.2, 0.25) is 0 Å². The number of pyridine rings is 1. The number of nitrogens with zero attached hydrogens (tertiary/aromatic N) is 3. The van der Waals surface area contributed by atoms with Crippen LogP contribution < -0.4 is 5.73 Å². The third kappa shape index (κ3) is 3.41. The minimum Gasteiger partial charge on any atom is -0.384 e. The van der Waals surface area contributed by atoms with Crippen LogP contribution in [0.4, 0.5) is 5.82 Å². The highest BCUT2D eigenvalue weighted by molar-refractivity contribution is 5.31. The van der Waals surface area contributed by atoms with Crippen molar-refractivity contribution in [2.75, 3.05) is 32.9 Å². The number of likely N-dealkylation sites (N-methyl/N-ethyl adjacent to an activating group) is 1. The fourth-order valence-electron chi connectivity index (χ4n) is 2.45. The molecule has 1 aliphatic rings. The van der Waals surface area contributed by atoms with E-state index in [1.807, 2.05) is 6.07 Å². The van der Waals surface area contributed by atoms with E-state index in [1.54, 1.807) is 6.20 Å². The van der Waals surface area contributed by atoms with Gasteiger partial charge in [0.05, 0.1) is 0 Å². The smallest absolute Gasteiger partial charge is 0.123 e. The van der Waals surface area contributed by atoms with E-state index < -0.39 is 0 Å². The second-order valence-electron chi connectivity index (χ2n) is 5.08. The zero-order valence-corrected chi connectivity index (χ0v) is 10.8. The van der Waals surface area contributed by atoms with E-state index in [4.69, 9.17) is 5.73 Å². The molecule has 2 N–H and O–H groups in total. The van der Waals surface area contributed by atoms with E-state index in [9.17, 15) is 0 Å². The Labute approximate surface area is 103 Å². The molecule has 0 spiro atoms. The molecule has 4 heteroatoms. The summed E-state index contributed by atoms with van der Waals surface area (Å²) < 4.78 is 0. The summed E-state index contributed by atoms with van der Waals surface area (Å²) in [5.41, 5.74) is 6.96. The van der Waals surface area contributed by atoms with E-state index >= 15 is 0 Å². The van der Waals surface area contributed by atoms with Gasteiger partial charge in [0.2, 0.25) is 0 Å². The van der Waals surface area contributed by atoms with Crippen molar-refractivity contribution in [3.05, 3.63) is 23.9 Å². The first-order chi connectivity index (χ1) is 8.15. The Morgan fingerprint density at radius 3 is 3.06 bits per heavy atom.